The quantitative estimate of drug-likeness (QED) is 0.906. The highest BCUT2D eigenvalue weighted by Gasteiger charge is 2.18. The molecular weight excluding hydrogens is 256 g/mol. The Morgan fingerprint density at radius 2 is 2.15 bits per heavy atom. The van der Waals surface area contributed by atoms with Gasteiger partial charge in [-0.1, -0.05) is 19.1 Å². The van der Waals surface area contributed by atoms with E-state index < -0.39 is 5.97 Å². The average Bonchev–Trinajstić information content (AvgIpc) is 2.47. The van der Waals surface area contributed by atoms with Crippen LogP contribution in [0.3, 0.4) is 0 Å². The van der Waals surface area contributed by atoms with Gasteiger partial charge in [0, 0.05) is 11.8 Å². The van der Waals surface area contributed by atoms with Gasteiger partial charge < -0.3 is 9.84 Å². The van der Waals surface area contributed by atoms with Crippen LogP contribution in [0.1, 0.15) is 29.8 Å². The molecule has 0 atom stereocenters. The lowest BCUT2D eigenvalue weighted by molar-refractivity contribution is 0.0697. The largest absolute Gasteiger partial charge is 0.493 e. The molecule has 0 bridgehead atoms. The maximum absolute atomic E-state index is 11.3. The third kappa shape index (κ3) is 2.61. The van der Waals surface area contributed by atoms with Crippen molar-refractivity contribution in [2.75, 3.05) is 6.61 Å². The maximum atomic E-state index is 11.3. The lowest BCUT2D eigenvalue weighted by atomic mass is 10.0. The van der Waals surface area contributed by atoms with E-state index in [4.69, 9.17) is 4.74 Å². The molecule has 5 heteroatoms. The van der Waals surface area contributed by atoms with Crippen LogP contribution in [0.15, 0.2) is 30.7 Å². The Hall–Kier alpha value is -2.43. The molecule has 0 aliphatic rings. The van der Waals surface area contributed by atoms with Crippen molar-refractivity contribution in [1.82, 2.24) is 9.97 Å². The number of rotatable bonds is 5. The predicted octanol–water partition coefficient (Wildman–Crippen LogP) is 2.80. The summed E-state index contributed by atoms with van der Waals surface area (Å²) < 4.78 is 5.69. The molecule has 0 saturated heterocycles. The second-order valence-electron chi connectivity index (χ2n) is 4.17. The van der Waals surface area contributed by atoms with Crippen molar-refractivity contribution in [3.8, 4) is 17.0 Å². The van der Waals surface area contributed by atoms with Crippen LogP contribution in [0.5, 0.6) is 5.75 Å². The van der Waals surface area contributed by atoms with Crippen LogP contribution in [-0.2, 0) is 6.42 Å². The van der Waals surface area contributed by atoms with Crippen LogP contribution in [0.2, 0.25) is 0 Å². The van der Waals surface area contributed by atoms with E-state index in [1.165, 1.54) is 12.5 Å². The summed E-state index contributed by atoms with van der Waals surface area (Å²) >= 11 is 0. The summed E-state index contributed by atoms with van der Waals surface area (Å²) in [4.78, 5) is 19.2. The standard InChI is InChI=1S/C15H16N2O3/c1-3-10-6-5-7-11(14(10)20-4-2)13-12(15(18)19)8-16-9-17-13/h5-9H,3-4H2,1-2H3,(H,18,19). The minimum atomic E-state index is -1.05. The zero-order valence-electron chi connectivity index (χ0n) is 11.5. The minimum Gasteiger partial charge on any atom is -0.493 e. The number of carboxylic acid groups (broad SMARTS) is 1. The lowest BCUT2D eigenvalue weighted by Gasteiger charge is -2.14. The van der Waals surface area contributed by atoms with Crippen LogP contribution in [-0.4, -0.2) is 27.7 Å². The second-order valence-corrected chi connectivity index (χ2v) is 4.17. The molecule has 1 heterocycles. The van der Waals surface area contributed by atoms with Crippen LogP contribution in [0.4, 0.5) is 0 Å². The number of aromatic nitrogens is 2. The van der Waals surface area contributed by atoms with Crippen molar-refractivity contribution < 1.29 is 14.6 Å². The molecule has 0 unspecified atom stereocenters. The van der Waals surface area contributed by atoms with Crippen molar-refractivity contribution in [2.45, 2.75) is 20.3 Å². The highest BCUT2D eigenvalue weighted by Crippen LogP contribution is 2.34. The summed E-state index contributed by atoms with van der Waals surface area (Å²) in [5, 5.41) is 9.25. The normalized spacial score (nSPS) is 10.3. The number of hydrogen-bond donors (Lipinski definition) is 1. The summed E-state index contributed by atoms with van der Waals surface area (Å²) in [6.45, 7) is 4.44. The Morgan fingerprint density at radius 3 is 2.80 bits per heavy atom. The Morgan fingerprint density at radius 1 is 1.35 bits per heavy atom. The monoisotopic (exact) mass is 272 g/mol. The average molecular weight is 272 g/mol. The van der Waals surface area contributed by atoms with E-state index in [9.17, 15) is 9.90 Å². The van der Waals surface area contributed by atoms with Crippen LogP contribution < -0.4 is 4.74 Å². The maximum Gasteiger partial charge on any atom is 0.339 e. The zero-order valence-corrected chi connectivity index (χ0v) is 11.5. The fourth-order valence-corrected chi connectivity index (χ4v) is 2.07. The Bertz CT molecular complexity index is 626. The van der Waals surface area contributed by atoms with Crippen molar-refractivity contribution in [3.63, 3.8) is 0 Å². The van der Waals surface area contributed by atoms with Gasteiger partial charge in [-0.15, -0.1) is 0 Å². The van der Waals surface area contributed by atoms with Gasteiger partial charge in [-0.05, 0) is 25.0 Å². The van der Waals surface area contributed by atoms with Gasteiger partial charge in [-0.3, -0.25) is 0 Å². The number of para-hydroxylation sites is 1. The van der Waals surface area contributed by atoms with E-state index in [1.54, 1.807) is 0 Å². The Labute approximate surface area is 117 Å². The van der Waals surface area contributed by atoms with E-state index in [0.717, 1.165) is 12.0 Å². The molecule has 0 saturated carbocycles. The van der Waals surface area contributed by atoms with Gasteiger partial charge in [-0.25, -0.2) is 14.8 Å². The summed E-state index contributed by atoms with van der Waals surface area (Å²) in [6, 6.07) is 5.67. The van der Waals surface area contributed by atoms with Crippen molar-refractivity contribution >= 4 is 5.97 Å². The van der Waals surface area contributed by atoms with Crippen molar-refractivity contribution in [2.24, 2.45) is 0 Å². The molecule has 2 aromatic rings. The SMILES string of the molecule is CCOc1c(CC)cccc1-c1ncncc1C(=O)O. The molecule has 104 valence electrons. The summed E-state index contributed by atoms with van der Waals surface area (Å²) in [5.41, 5.74) is 2.17. The fourth-order valence-electron chi connectivity index (χ4n) is 2.07. The van der Waals surface area contributed by atoms with Gasteiger partial charge in [0.05, 0.1) is 12.3 Å². The molecule has 1 aromatic carbocycles. The molecular formula is C15H16N2O3. The number of carboxylic acids is 1. The first kappa shape index (κ1) is 14.0. The molecule has 0 aliphatic carbocycles. The molecule has 0 fully saturated rings. The van der Waals surface area contributed by atoms with E-state index in [1.807, 2.05) is 32.0 Å². The number of nitrogens with zero attached hydrogens (tertiary/aromatic N) is 2. The highest BCUT2D eigenvalue weighted by atomic mass is 16.5. The lowest BCUT2D eigenvalue weighted by Crippen LogP contribution is -2.05. The van der Waals surface area contributed by atoms with E-state index in [2.05, 4.69) is 9.97 Å². The first-order chi connectivity index (χ1) is 9.69. The Balaban J connectivity index is 2.66. The first-order valence-corrected chi connectivity index (χ1v) is 6.47. The number of ether oxygens (including phenoxy) is 1. The molecule has 0 spiro atoms. The Kier molecular flexibility index (Phi) is 4.30. The van der Waals surface area contributed by atoms with Gasteiger partial charge in [-0.2, -0.15) is 0 Å². The van der Waals surface area contributed by atoms with Crippen LogP contribution in [0.25, 0.3) is 11.3 Å². The first-order valence-electron chi connectivity index (χ1n) is 6.47. The van der Waals surface area contributed by atoms with Crippen molar-refractivity contribution in [1.29, 1.82) is 0 Å². The molecule has 20 heavy (non-hydrogen) atoms. The number of hydrogen-bond acceptors (Lipinski definition) is 4. The number of aromatic carboxylic acids is 1. The molecule has 0 aliphatic heterocycles. The molecule has 2 rings (SSSR count). The van der Waals surface area contributed by atoms with E-state index in [0.29, 0.717) is 23.6 Å². The summed E-state index contributed by atoms with van der Waals surface area (Å²) in [5.74, 6) is -0.358. The van der Waals surface area contributed by atoms with E-state index >= 15 is 0 Å². The number of aryl methyl sites for hydroxylation is 1. The van der Waals surface area contributed by atoms with Crippen molar-refractivity contribution in [3.05, 3.63) is 41.9 Å². The number of carbonyl (C=O) groups is 1. The predicted molar refractivity (Wildman–Crippen MR) is 75.0 cm³/mol. The highest BCUT2D eigenvalue weighted by molar-refractivity contribution is 5.95. The van der Waals surface area contributed by atoms with Gasteiger partial charge >= 0.3 is 5.97 Å². The molecule has 0 radical (unpaired) electrons. The molecule has 1 aromatic heterocycles. The van der Waals surface area contributed by atoms with E-state index in [-0.39, 0.29) is 5.56 Å². The fraction of sp³-hybridized carbons (Fsp3) is 0.267. The topological polar surface area (TPSA) is 72.3 Å². The molecule has 1 N–H and O–H groups in total. The number of benzene rings is 1. The third-order valence-corrected chi connectivity index (χ3v) is 2.96. The summed E-state index contributed by atoms with van der Waals surface area (Å²) in [6.07, 6.45) is 3.45. The summed E-state index contributed by atoms with van der Waals surface area (Å²) in [7, 11) is 0. The molecule has 5 nitrogen and oxygen atoms in total. The van der Waals surface area contributed by atoms with Gasteiger partial charge in [0.25, 0.3) is 0 Å². The minimum absolute atomic E-state index is 0.0710. The zero-order chi connectivity index (χ0) is 14.5. The van der Waals surface area contributed by atoms with Gasteiger partial charge in [0.15, 0.2) is 0 Å². The van der Waals surface area contributed by atoms with Gasteiger partial charge in [0.1, 0.15) is 17.6 Å². The van der Waals surface area contributed by atoms with Crippen LogP contribution in [0, 0.1) is 0 Å². The van der Waals surface area contributed by atoms with Crippen LogP contribution >= 0.6 is 0 Å². The smallest absolute Gasteiger partial charge is 0.339 e. The van der Waals surface area contributed by atoms with Gasteiger partial charge in [0.2, 0.25) is 0 Å². The third-order valence-electron chi connectivity index (χ3n) is 2.96. The second kappa shape index (κ2) is 6.14. The molecule has 0 amide bonds.